The van der Waals surface area contributed by atoms with Gasteiger partial charge in [0.15, 0.2) is 0 Å². The largest absolute Gasteiger partial charge is 0.360 e. The van der Waals surface area contributed by atoms with Crippen LogP contribution in [-0.4, -0.2) is 34.4 Å². The Kier molecular flexibility index (Phi) is 5.96. The summed E-state index contributed by atoms with van der Waals surface area (Å²) in [6, 6.07) is 21.6. The van der Waals surface area contributed by atoms with Crippen LogP contribution >= 0.6 is 0 Å². The molecule has 1 saturated heterocycles. The molecule has 3 heterocycles. The molecule has 2 aliphatic rings. The Hall–Kier alpha value is -3.45. The number of amidine groups is 1. The number of hydrogen-bond donors (Lipinski definition) is 1. The summed E-state index contributed by atoms with van der Waals surface area (Å²) in [5.41, 5.74) is 4.73. The minimum Gasteiger partial charge on any atom is -0.360 e. The van der Waals surface area contributed by atoms with E-state index in [1.165, 1.54) is 0 Å². The number of rotatable bonds is 6. The van der Waals surface area contributed by atoms with E-state index in [-0.39, 0.29) is 17.9 Å². The molecule has 34 heavy (non-hydrogen) atoms. The fourth-order valence-corrected chi connectivity index (χ4v) is 4.98. The van der Waals surface area contributed by atoms with Crippen LogP contribution in [0.1, 0.15) is 55.2 Å². The third-order valence-corrected chi connectivity index (χ3v) is 6.65. The van der Waals surface area contributed by atoms with Gasteiger partial charge in [0, 0.05) is 23.7 Å². The molecular formula is C27H30N4O3. The maximum Gasteiger partial charge on any atom is 0.238 e. The Morgan fingerprint density at radius 3 is 2.29 bits per heavy atom. The van der Waals surface area contributed by atoms with E-state index in [9.17, 15) is 4.79 Å². The number of likely N-dealkylation sites (tertiary alicyclic amines) is 1. The van der Waals surface area contributed by atoms with Gasteiger partial charge in [-0.3, -0.25) is 4.79 Å². The number of aromatic nitrogens is 1. The van der Waals surface area contributed by atoms with E-state index in [2.05, 4.69) is 10.6 Å². The Labute approximate surface area is 199 Å². The van der Waals surface area contributed by atoms with E-state index in [1.54, 1.807) is 0 Å². The lowest BCUT2D eigenvalue weighted by Gasteiger charge is -2.29. The molecule has 5 rings (SSSR count). The fraction of sp³-hybridized carbons (Fsp3) is 0.370. The number of carbonyl (C=O) groups excluding carboxylic acids is 1. The van der Waals surface area contributed by atoms with Crippen LogP contribution < -0.4 is 5.48 Å². The van der Waals surface area contributed by atoms with Crippen molar-refractivity contribution in [1.82, 2.24) is 15.5 Å². The lowest BCUT2D eigenvalue weighted by molar-refractivity contribution is -0.134. The van der Waals surface area contributed by atoms with Crippen molar-refractivity contribution in [2.45, 2.75) is 51.3 Å². The van der Waals surface area contributed by atoms with Crippen molar-refractivity contribution in [3.63, 3.8) is 0 Å². The molecule has 1 fully saturated rings. The minimum atomic E-state index is -1.01. The van der Waals surface area contributed by atoms with Crippen molar-refractivity contribution in [3.05, 3.63) is 89.3 Å². The van der Waals surface area contributed by atoms with Gasteiger partial charge in [0.05, 0.1) is 11.7 Å². The van der Waals surface area contributed by atoms with Gasteiger partial charge < -0.3 is 9.42 Å². The van der Waals surface area contributed by atoms with E-state index < -0.39 is 11.6 Å². The summed E-state index contributed by atoms with van der Waals surface area (Å²) in [5.74, 6) is 1.01. The zero-order valence-electron chi connectivity index (χ0n) is 19.8. The van der Waals surface area contributed by atoms with Gasteiger partial charge in [-0.05, 0) is 25.7 Å². The Bertz CT molecular complexity index is 1130. The standard InChI is InChI=1S/C27H30N4O3/c1-18(2)24(23-17-19(3)29-33-23)26(32)31-16-10-15-22(31)25-28-27(34-30-25,20-11-6-4-7-12-20)21-13-8-5-9-14-21/h4-9,11-14,17-18,22,24H,10,15-16H2,1-3H3,(H,28,30). The molecule has 2 aromatic carbocycles. The molecule has 3 aromatic rings. The second-order valence-electron chi connectivity index (χ2n) is 9.36. The molecule has 1 aromatic heterocycles. The first-order valence-corrected chi connectivity index (χ1v) is 11.9. The zero-order valence-corrected chi connectivity index (χ0v) is 19.8. The molecule has 0 radical (unpaired) electrons. The number of carbonyl (C=O) groups is 1. The summed E-state index contributed by atoms with van der Waals surface area (Å²) in [4.78, 5) is 27.1. The molecule has 176 valence electrons. The van der Waals surface area contributed by atoms with Crippen molar-refractivity contribution in [1.29, 1.82) is 0 Å². The fourth-order valence-electron chi connectivity index (χ4n) is 4.98. The number of amides is 1. The summed E-state index contributed by atoms with van der Waals surface area (Å²) in [6.07, 6.45) is 1.72. The zero-order chi connectivity index (χ0) is 23.7. The highest BCUT2D eigenvalue weighted by atomic mass is 16.7. The molecule has 7 heteroatoms. The highest BCUT2D eigenvalue weighted by Crippen LogP contribution is 2.39. The van der Waals surface area contributed by atoms with Gasteiger partial charge in [0.2, 0.25) is 11.6 Å². The topological polar surface area (TPSA) is 80.0 Å². The average molecular weight is 459 g/mol. The van der Waals surface area contributed by atoms with Crippen LogP contribution in [0.2, 0.25) is 0 Å². The van der Waals surface area contributed by atoms with E-state index in [4.69, 9.17) is 14.4 Å². The smallest absolute Gasteiger partial charge is 0.238 e. The van der Waals surface area contributed by atoms with E-state index in [1.807, 2.05) is 92.4 Å². The first kappa shape index (κ1) is 22.3. The number of aryl methyl sites for hydroxylation is 1. The van der Waals surface area contributed by atoms with Crippen LogP contribution in [0, 0.1) is 12.8 Å². The van der Waals surface area contributed by atoms with Gasteiger partial charge in [-0.1, -0.05) is 79.7 Å². The van der Waals surface area contributed by atoms with Gasteiger partial charge in [0.25, 0.3) is 0 Å². The number of hydroxylamine groups is 1. The SMILES string of the molecule is Cc1cc(C(C(=O)N2CCCC2C2=NC(c3ccccc3)(c3ccccc3)ON2)C(C)C)on1. The van der Waals surface area contributed by atoms with Crippen LogP contribution in [0.3, 0.4) is 0 Å². The molecule has 2 unspecified atom stereocenters. The summed E-state index contributed by atoms with van der Waals surface area (Å²) in [6.45, 7) is 6.62. The van der Waals surface area contributed by atoms with Gasteiger partial charge in [-0.15, -0.1) is 0 Å². The molecule has 1 N–H and O–H groups in total. The molecule has 0 aliphatic carbocycles. The maximum atomic E-state index is 13.8. The van der Waals surface area contributed by atoms with Gasteiger partial charge in [-0.2, -0.15) is 0 Å². The van der Waals surface area contributed by atoms with E-state index >= 15 is 0 Å². The minimum absolute atomic E-state index is 0.0371. The summed E-state index contributed by atoms with van der Waals surface area (Å²) >= 11 is 0. The first-order chi connectivity index (χ1) is 16.5. The highest BCUT2D eigenvalue weighted by Gasteiger charge is 2.46. The summed E-state index contributed by atoms with van der Waals surface area (Å²) in [7, 11) is 0. The summed E-state index contributed by atoms with van der Waals surface area (Å²) < 4.78 is 5.51. The normalized spacial score (nSPS) is 20.3. The lowest BCUT2D eigenvalue weighted by atomic mass is 9.91. The third-order valence-electron chi connectivity index (χ3n) is 6.65. The third kappa shape index (κ3) is 3.90. The van der Waals surface area contributed by atoms with Crippen molar-refractivity contribution in [3.8, 4) is 0 Å². The van der Waals surface area contributed by atoms with Gasteiger partial charge in [-0.25, -0.2) is 15.3 Å². The van der Waals surface area contributed by atoms with Crippen LogP contribution in [0.5, 0.6) is 0 Å². The van der Waals surface area contributed by atoms with Crippen molar-refractivity contribution >= 4 is 11.7 Å². The lowest BCUT2D eigenvalue weighted by Crippen LogP contribution is -2.46. The number of hydrogen-bond acceptors (Lipinski definition) is 6. The van der Waals surface area contributed by atoms with E-state index in [0.717, 1.165) is 29.7 Å². The number of aliphatic imine (C=N–C) groups is 1. The number of nitrogens with zero attached hydrogens (tertiary/aromatic N) is 3. The van der Waals surface area contributed by atoms with Crippen molar-refractivity contribution in [2.24, 2.45) is 10.9 Å². The monoisotopic (exact) mass is 458 g/mol. The Morgan fingerprint density at radius 2 is 1.74 bits per heavy atom. The van der Waals surface area contributed by atoms with Crippen LogP contribution in [0.15, 0.2) is 76.2 Å². The number of benzene rings is 2. The van der Waals surface area contributed by atoms with Gasteiger partial charge in [0.1, 0.15) is 17.5 Å². The van der Waals surface area contributed by atoms with Crippen LogP contribution in [-0.2, 0) is 15.4 Å². The molecule has 0 saturated carbocycles. The second kappa shape index (κ2) is 9.06. The molecule has 1 amide bonds. The maximum absolute atomic E-state index is 13.8. The van der Waals surface area contributed by atoms with Crippen molar-refractivity contribution < 1.29 is 14.2 Å². The van der Waals surface area contributed by atoms with Crippen molar-refractivity contribution in [2.75, 3.05) is 6.54 Å². The molecule has 2 atom stereocenters. The quantitative estimate of drug-likeness (QED) is 0.586. The van der Waals surface area contributed by atoms with Crippen LogP contribution in [0.25, 0.3) is 0 Å². The molecule has 7 nitrogen and oxygen atoms in total. The summed E-state index contributed by atoms with van der Waals surface area (Å²) in [5, 5.41) is 4.01. The molecular weight excluding hydrogens is 428 g/mol. The van der Waals surface area contributed by atoms with Crippen LogP contribution in [0.4, 0.5) is 0 Å². The Morgan fingerprint density at radius 1 is 1.09 bits per heavy atom. The number of nitrogens with one attached hydrogen (secondary N) is 1. The Balaban J connectivity index is 1.50. The molecule has 2 aliphatic heterocycles. The predicted octanol–water partition coefficient (Wildman–Crippen LogP) is 4.55. The van der Waals surface area contributed by atoms with Gasteiger partial charge >= 0.3 is 0 Å². The first-order valence-electron chi connectivity index (χ1n) is 11.9. The average Bonchev–Trinajstić information content (AvgIpc) is 3.60. The molecule has 0 spiro atoms. The highest BCUT2D eigenvalue weighted by molar-refractivity contribution is 5.94. The van der Waals surface area contributed by atoms with E-state index in [0.29, 0.717) is 18.1 Å². The molecule has 0 bridgehead atoms. The predicted molar refractivity (Wildman–Crippen MR) is 129 cm³/mol. The second-order valence-corrected chi connectivity index (χ2v) is 9.36.